The lowest BCUT2D eigenvalue weighted by atomic mass is 9.90. The van der Waals surface area contributed by atoms with Gasteiger partial charge in [-0.2, -0.15) is 0 Å². The summed E-state index contributed by atoms with van der Waals surface area (Å²) in [6, 6.07) is 0. The fourth-order valence-electron chi connectivity index (χ4n) is 1.76. The first-order chi connectivity index (χ1) is 7.13. The minimum atomic E-state index is -0.529. The zero-order valence-electron chi connectivity index (χ0n) is 10.0. The predicted octanol–water partition coefficient (Wildman–Crippen LogP) is 3.10. The summed E-state index contributed by atoms with van der Waals surface area (Å²) in [5.74, 6) is -0.0728. The molecule has 0 aliphatic carbocycles. The van der Waals surface area contributed by atoms with Gasteiger partial charge in [-0.3, -0.25) is 4.79 Å². The van der Waals surface area contributed by atoms with Crippen molar-refractivity contribution in [2.45, 2.75) is 58.5 Å². The van der Waals surface area contributed by atoms with Gasteiger partial charge in [-0.05, 0) is 13.3 Å². The lowest BCUT2D eigenvalue weighted by molar-refractivity contribution is -0.125. The number of hydrogen-bond donors (Lipinski definition) is 1. The van der Waals surface area contributed by atoms with Gasteiger partial charge in [0.25, 0.3) is 0 Å². The Kier molecular flexibility index (Phi) is 8.30. The number of aliphatic hydroxyl groups is 1. The van der Waals surface area contributed by atoms with Gasteiger partial charge in [0.1, 0.15) is 5.78 Å². The second-order valence-electron chi connectivity index (χ2n) is 4.16. The number of ketones is 1. The summed E-state index contributed by atoms with van der Waals surface area (Å²) >= 11 is 0. The smallest absolute Gasteiger partial charge is 0.142 e. The van der Waals surface area contributed by atoms with Crippen molar-refractivity contribution in [3.8, 4) is 0 Å². The molecule has 15 heavy (non-hydrogen) atoms. The van der Waals surface area contributed by atoms with Gasteiger partial charge < -0.3 is 5.11 Å². The van der Waals surface area contributed by atoms with Gasteiger partial charge in [0.2, 0.25) is 0 Å². The Balaban J connectivity index is 3.93. The highest BCUT2D eigenvalue weighted by atomic mass is 16.3. The summed E-state index contributed by atoms with van der Waals surface area (Å²) in [4.78, 5) is 11.6. The Morgan fingerprint density at radius 2 is 2.07 bits per heavy atom. The summed E-state index contributed by atoms with van der Waals surface area (Å²) in [6.07, 6.45) is 6.87. The van der Waals surface area contributed by atoms with E-state index in [0.29, 0.717) is 6.42 Å². The summed E-state index contributed by atoms with van der Waals surface area (Å²) in [7, 11) is 0. The van der Waals surface area contributed by atoms with Crippen LogP contribution in [0.2, 0.25) is 0 Å². The molecule has 1 N–H and O–H groups in total. The largest absolute Gasteiger partial charge is 0.393 e. The van der Waals surface area contributed by atoms with E-state index in [1.165, 1.54) is 12.8 Å². The van der Waals surface area contributed by atoms with E-state index in [1.807, 2.05) is 0 Å². The molecule has 88 valence electrons. The number of carbonyl (C=O) groups is 1. The third kappa shape index (κ3) is 6.45. The molecule has 0 aromatic carbocycles. The molecule has 2 nitrogen and oxygen atoms in total. The number of hydrogen-bond acceptors (Lipinski definition) is 2. The van der Waals surface area contributed by atoms with E-state index >= 15 is 0 Å². The molecular weight excluding hydrogens is 188 g/mol. The highest BCUT2D eigenvalue weighted by Crippen LogP contribution is 2.17. The number of allylic oxidation sites excluding steroid dienone is 1. The average molecular weight is 212 g/mol. The van der Waals surface area contributed by atoms with Crippen molar-refractivity contribution in [1.82, 2.24) is 0 Å². The van der Waals surface area contributed by atoms with Crippen molar-refractivity contribution in [3.05, 3.63) is 12.7 Å². The van der Waals surface area contributed by atoms with Crippen LogP contribution in [0.15, 0.2) is 12.7 Å². The fourth-order valence-corrected chi connectivity index (χ4v) is 1.76. The maximum atomic E-state index is 11.6. The second-order valence-corrected chi connectivity index (χ2v) is 4.16. The number of Topliss-reactive ketones (excluding diaryl/α,β-unsaturated/α-hetero) is 1. The van der Waals surface area contributed by atoms with E-state index in [4.69, 9.17) is 0 Å². The molecule has 0 aromatic heterocycles. The molecule has 0 spiro atoms. The van der Waals surface area contributed by atoms with Gasteiger partial charge in [0, 0.05) is 12.3 Å². The van der Waals surface area contributed by atoms with Crippen LogP contribution in [0.25, 0.3) is 0 Å². The summed E-state index contributed by atoms with van der Waals surface area (Å²) in [6.45, 7) is 7.41. The molecule has 0 aromatic rings. The molecule has 0 aliphatic rings. The molecule has 0 fully saturated rings. The van der Waals surface area contributed by atoms with Gasteiger partial charge in [0.15, 0.2) is 0 Å². The van der Waals surface area contributed by atoms with Crippen molar-refractivity contribution in [2.24, 2.45) is 5.92 Å². The molecule has 0 saturated carbocycles. The Bertz CT molecular complexity index is 185. The maximum Gasteiger partial charge on any atom is 0.142 e. The Morgan fingerprint density at radius 1 is 1.40 bits per heavy atom. The highest BCUT2D eigenvalue weighted by Gasteiger charge is 2.21. The molecule has 0 unspecified atom stereocenters. The average Bonchev–Trinajstić information content (AvgIpc) is 2.17. The zero-order chi connectivity index (χ0) is 11.7. The molecule has 2 atom stereocenters. The van der Waals surface area contributed by atoms with Crippen molar-refractivity contribution >= 4 is 5.78 Å². The third-order valence-corrected chi connectivity index (χ3v) is 2.71. The standard InChI is InChI=1S/C13H24O2/c1-4-6-7-8-10-12(11(3)14)13(15)9-5-2/h5,11-12,14H,2,4,6-10H2,1,3H3/t11-,12-/m1/s1. The first-order valence-electron chi connectivity index (χ1n) is 5.95. The highest BCUT2D eigenvalue weighted by molar-refractivity contribution is 5.82. The van der Waals surface area contributed by atoms with E-state index in [1.54, 1.807) is 13.0 Å². The van der Waals surface area contributed by atoms with Crippen molar-refractivity contribution in [1.29, 1.82) is 0 Å². The molecular formula is C13H24O2. The van der Waals surface area contributed by atoms with Gasteiger partial charge >= 0.3 is 0 Å². The molecule has 0 bridgehead atoms. The molecule has 0 aliphatic heterocycles. The first-order valence-corrected chi connectivity index (χ1v) is 5.95. The van der Waals surface area contributed by atoms with Gasteiger partial charge in [-0.1, -0.05) is 38.7 Å². The van der Waals surface area contributed by atoms with E-state index < -0.39 is 6.10 Å². The van der Waals surface area contributed by atoms with Crippen LogP contribution < -0.4 is 0 Å². The third-order valence-electron chi connectivity index (χ3n) is 2.71. The Hall–Kier alpha value is -0.630. The van der Waals surface area contributed by atoms with Crippen LogP contribution in [0.1, 0.15) is 52.4 Å². The van der Waals surface area contributed by atoms with Crippen LogP contribution in [-0.4, -0.2) is 17.0 Å². The van der Waals surface area contributed by atoms with Crippen LogP contribution in [0.5, 0.6) is 0 Å². The topological polar surface area (TPSA) is 37.3 Å². The van der Waals surface area contributed by atoms with Gasteiger partial charge in [-0.25, -0.2) is 0 Å². The minimum absolute atomic E-state index is 0.122. The van der Waals surface area contributed by atoms with Crippen LogP contribution in [0.3, 0.4) is 0 Å². The maximum absolute atomic E-state index is 11.6. The summed E-state index contributed by atoms with van der Waals surface area (Å²) in [5, 5.41) is 9.51. The van der Waals surface area contributed by atoms with E-state index in [0.717, 1.165) is 19.3 Å². The van der Waals surface area contributed by atoms with Crippen LogP contribution in [-0.2, 0) is 4.79 Å². The Morgan fingerprint density at radius 3 is 2.53 bits per heavy atom. The number of aliphatic hydroxyl groups excluding tert-OH is 1. The summed E-state index contributed by atoms with van der Waals surface area (Å²) in [5.41, 5.74) is 0. The lowest BCUT2D eigenvalue weighted by Gasteiger charge is -2.17. The molecule has 0 radical (unpaired) electrons. The van der Waals surface area contributed by atoms with E-state index in [2.05, 4.69) is 13.5 Å². The van der Waals surface area contributed by atoms with Crippen LogP contribution >= 0.6 is 0 Å². The van der Waals surface area contributed by atoms with E-state index in [9.17, 15) is 9.90 Å². The zero-order valence-corrected chi connectivity index (χ0v) is 10.0. The van der Waals surface area contributed by atoms with E-state index in [-0.39, 0.29) is 11.7 Å². The number of unbranched alkanes of at least 4 members (excludes halogenated alkanes) is 3. The minimum Gasteiger partial charge on any atom is -0.393 e. The van der Waals surface area contributed by atoms with Crippen LogP contribution in [0, 0.1) is 5.92 Å². The molecule has 0 amide bonds. The fraction of sp³-hybridized carbons (Fsp3) is 0.769. The Labute approximate surface area is 93.4 Å². The lowest BCUT2D eigenvalue weighted by Crippen LogP contribution is -2.25. The van der Waals surface area contributed by atoms with Gasteiger partial charge in [-0.15, -0.1) is 6.58 Å². The molecule has 0 rings (SSSR count). The molecule has 2 heteroatoms. The van der Waals surface area contributed by atoms with Crippen LogP contribution in [0.4, 0.5) is 0 Å². The normalized spacial score (nSPS) is 14.6. The van der Waals surface area contributed by atoms with Crippen molar-refractivity contribution in [2.75, 3.05) is 0 Å². The van der Waals surface area contributed by atoms with Crippen molar-refractivity contribution in [3.63, 3.8) is 0 Å². The second kappa shape index (κ2) is 8.66. The van der Waals surface area contributed by atoms with Gasteiger partial charge in [0.05, 0.1) is 6.10 Å². The number of carbonyl (C=O) groups excluding carboxylic acids is 1. The first kappa shape index (κ1) is 14.4. The molecule has 0 saturated heterocycles. The molecule has 0 heterocycles. The summed E-state index contributed by atoms with van der Waals surface area (Å²) < 4.78 is 0. The monoisotopic (exact) mass is 212 g/mol. The SMILES string of the molecule is C=CCC(=O)[C@H](CCCCCC)[C@@H](C)O. The van der Waals surface area contributed by atoms with Crippen molar-refractivity contribution < 1.29 is 9.90 Å². The predicted molar refractivity (Wildman–Crippen MR) is 63.8 cm³/mol. The quantitative estimate of drug-likeness (QED) is 0.471. The number of rotatable bonds is 9.